The van der Waals surface area contributed by atoms with Crippen LogP contribution < -0.4 is 15.6 Å². The Labute approximate surface area is 168 Å². The molecule has 1 atom stereocenters. The van der Waals surface area contributed by atoms with Crippen molar-refractivity contribution in [3.63, 3.8) is 0 Å². The van der Waals surface area contributed by atoms with Gasteiger partial charge >= 0.3 is 0 Å². The van der Waals surface area contributed by atoms with Crippen LogP contribution in [0.15, 0.2) is 65.5 Å². The van der Waals surface area contributed by atoms with Gasteiger partial charge in [0.2, 0.25) is 5.88 Å². The second-order valence-corrected chi connectivity index (χ2v) is 6.46. The van der Waals surface area contributed by atoms with E-state index in [9.17, 15) is 14.0 Å². The molecule has 0 spiro atoms. The zero-order valence-corrected chi connectivity index (χ0v) is 16.3. The number of carbonyl (C=O) groups excluding carboxylic acids is 1. The summed E-state index contributed by atoms with van der Waals surface area (Å²) in [4.78, 5) is 24.8. The first kappa shape index (κ1) is 20.3. The van der Waals surface area contributed by atoms with Crippen LogP contribution in [0, 0.1) is 5.82 Å². The number of hydrogen-bond acceptors (Lipinski definition) is 4. The van der Waals surface area contributed by atoms with Crippen LogP contribution in [0.3, 0.4) is 0 Å². The van der Waals surface area contributed by atoms with Crippen molar-refractivity contribution >= 4 is 11.6 Å². The average molecular weight is 395 g/mol. The van der Waals surface area contributed by atoms with E-state index in [0.717, 1.165) is 16.7 Å². The largest absolute Gasteiger partial charge is 0.463 e. The summed E-state index contributed by atoms with van der Waals surface area (Å²) >= 11 is 0. The molecule has 0 aliphatic carbocycles. The highest BCUT2D eigenvalue weighted by Gasteiger charge is 2.20. The lowest BCUT2D eigenvalue weighted by atomic mass is 10.1. The predicted octanol–water partition coefficient (Wildman–Crippen LogP) is 3.73. The zero-order chi connectivity index (χ0) is 20.8. The number of rotatable bonds is 7. The summed E-state index contributed by atoms with van der Waals surface area (Å²) in [5.74, 6) is -0.593. The lowest BCUT2D eigenvalue weighted by molar-refractivity contribution is -0.123. The Morgan fingerprint density at radius 3 is 2.59 bits per heavy atom. The second-order valence-electron chi connectivity index (χ2n) is 6.46. The number of amides is 1. The summed E-state index contributed by atoms with van der Waals surface area (Å²) in [6.07, 6.45) is 0.495. The molecular formula is C22H22FN3O3. The molecule has 1 N–H and O–H groups in total. The van der Waals surface area contributed by atoms with Crippen molar-refractivity contribution in [2.45, 2.75) is 32.8 Å². The Hall–Kier alpha value is -3.48. The molecule has 1 aromatic heterocycles. The average Bonchev–Trinajstić information content (AvgIpc) is 2.73. The van der Waals surface area contributed by atoms with Crippen LogP contribution in [-0.4, -0.2) is 21.8 Å². The van der Waals surface area contributed by atoms with Crippen molar-refractivity contribution in [3.8, 4) is 11.6 Å². The Kier molecular flexibility index (Phi) is 6.39. The van der Waals surface area contributed by atoms with Crippen LogP contribution in [0.5, 0.6) is 5.88 Å². The quantitative estimate of drug-likeness (QED) is 0.662. The number of halogens is 1. The fourth-order valence-corrected chi connectivity index (χ4v) is 2.78. The fraction of sp³-hybridized carbons (Fsp3) is 0.227. The summed E-state index contributed by atoms with van der Waals surface area (Å²) in [5.41, 5.74) is 1.82. The first-order valence-corrected chi connectivity index (χ1v) is 9.43. The highest BCUT2D eigenvalue weighted by atomic mass is 19.1. The number of benzene rings is 2. The van der Waals surface area contributed by atoms with Gasteiger partial charge in [0, 0.05) is 17.8 Å². The van der Waals surface area contributed by atoms with Gasteiger partial charge in [0.15, 0.2) is 6.10 Å². The summed E-state index contributed by atoms with van der Waals surface area (Å²) in [7, 11) is 0. The molecule has 1 heterocycles. The minimum atomic E-state index is -0.785. The number of aromatic nitrogens is 2. The van der Waals surface area contributed by atoms with Crippen molar-refractivity contribution in [3.05, 3.63) is 82.4 Å². The SMILES string of the molecule is CCc1cccc(NC(=O)C(CC)Oc2ccc(=O)n(-c3ccc(F)cc3)n2)c1. The molecule has 3 rings (SSSR count). The number of anilines is 1. The van der Waals surface area contributed by atoms with Crippen LogP contribution in [0.2, 0.25) is 0 Å². The minimum absolute atomic E-state index is 0.123. The normalized spacial score (nSPS) is 11.7. The molecule has 0 aliphatic heterocycles. The molecule has 0 bridgehead atoms. The molecule has 0 fully saturated rings. The minimum Gasteiger partial charge on any atom is -0.463 e. The molecule has 29 heavy (non-hydrogen) atoms. The number of carbonyl (C=O) groups is 1. The van der Waals surface area contributed by atoms with Crippen molar-refractivity contribution in [2.75, 3.05) is 5.32 Å². The molecule has 0 aliphatic rings. The van der Waals surface area contributed by atoms with E-state index in [1.54, 1.807) is 0 Å². The summed E-state index contributed by atoms with van der Waals surface area (Å²) in [6, 6.07) is 15.7. The number of nitrogens with zero attached hydrogens (tertiary/aromatic N) is 2. The Morgan fingerprint density at radius 1 is 1.14 bits per heavy atom. The monoisotopic (exact) mass is 395 g/mol. The Balaban J connectivity index is 1.78. The van der Waals surface area contributed by atoms with E-state index in [0.29, 0.717) is 17.8 Å². The maximum atomic E-state index is 13.1. The molecule has 7 heteroatoms. The van der Waals surface area contributed by atoms with Crippen LogP contribution in [0.25, 0.3) is 5.69 Å². The molecule has 3 aromatic rings. The molecule has 2 aromatic carbocycles. The van der Waals surface area contributed by atoms with Crippen molar-refractivity contribution in [1.29, 1.82) is 0 Å². The van der Waals surface area contributed by atoms with Gasteiger partial charge in [0.05, 0.1) is 5.69 Å². The van der Waals surface area contributed by atoms with Gasteiger partial charge in [0.1, 0.15) is 5.82 Å². The lowest BCUT2D eigenvalue weighted by Gasteiger charge is -2.17. The first-order chi connectivity index (χ1) is 14.0. The van der Waals surface area contributed by atoms with Gasteiger partial charge in [-0.05, 0) is 54.8 Å². The van der Waals surface area contributed by atoms with Gasteiger partial charge < -0.3 is 10.1 Å². The molecule has 0 radical (unpaired) electrons. The summed E-state index contributed by atoms with van der Waals surface area (Å²) < 4.78 is 20.0. The number of hydrogen-bond donors (Lipinski definition) is 1. The molecule has 0 saturated carbocycles. The van der Waals surface area contributed by atoms with Gasteiger partial charge in [-0.1, -0.05) is 26.0 Å². The van der Waals surface area contributed by atoms with Crippen molar-refractivity contribution in [2.24, 2.45) is 0 Å². The smallest absolute Gasteiger partial charge is 0.271 e. The lowest BCUT2D eigenvalue weighted by Crippen LogP contribution is -2.33. The summed E-state index contributed by atoms with van der Waals surface area (Å²) in [6.45, 7) is 3.86. The highest BCUT2D eigenvalue weighted by molar-refractivity contribution is 5.94. The number of aryl methyl sites for hydroxylation is 1. The molecule has 1 amide bonds. The highest BCUT2D eigenvalue weighted by Crippen LogP contribution is 2.15. The van der Waals surface area contributed by atoms with Crippen LogP contribution >= 0.6 is 0 Å². The Bertz CT molecular complexity index is 1050. The fourth-order valence-electron chi connectivity index (χ4n) is 2.78. The van der Waals surface area contributed by atoms with Gasteiger partial charge in [-0.15, -0.1) is 5.10 Å². The third-order valence-electron chi connectivity index (χ3n) is 4.38. The van der Waals surface area contributed by atoms with Crippen molar-refractivity contribution < 1.29 is 13.9 Å². The standard InChI is InChI=1S/C22H22FN3O3/c1-3-15-6-5-7-17(14-15)24-22(28)19(4-2)29-20-12-13-21(27)26(25-20)18-10-8-16(23)9-11-18/h5-14,19H,3-4H2,1-2H3,(H,24,28). The zero-order valence-electron chi connectivity index (χ0n) is 16.3. The van der Waals surface area contributed by atoms with E-state index in [-0.39, 0.29) is 11.8 Å². The van der Waals surface area contributed by atoms with E-state index < -0.39 is 17.5 Å². The van der Waals surface area contributed by atoms with E-state index in [1.165, 1.54) is 36.4 Å². The van der Waals surface area contributed by atoms with E-state index >= 15 is 0 Å². The predicted molar refractivity (Wildman–Crippen MR) is 109 cm³/mol. The number of ether oxygens (including phenoxy) is 1. The van der Waals surface area contributed by atoms with E-state index in [1.807, 2.05) is 38.1 Å². The molecule has 1 unspecified atom stereocenters. The van der Waals surface area contributed by atoms with Crippen molar-refractivity contribution in [1.82, 2.24) is 9.78 Å². The molecule has 150 valence electrons. The van der Waals surface area contributed by atoms with Crippen LogP contribution in [0.1, 0.15) is 25.8 Å². The number of nitrogens with one attached hydrogen (secondary N) is 1. The van der Waals surface area contributed by atoms with Gasteiger partial charge in [-0.2, -0.15) is 4.68 Å². The Morgan fingerprint density at radius 2 is 1.90 bits per heavy atom. The topological polar surface area (TPSA) is 73.2 Å². The maximum absolute atomic E-state index is 13.1. The van der Waals surface area contributed by atoms with E-state index in [2.05, 4.69) is 10.4 Å². The summed E-state index contributed by atoms with van der Waals surface area (Å²) in [5, 5.41) is 7.01. The third-order valence-corrected chi connectivity index (χ3v) is 4.38. The third kappa shape index (κ3) is 5.07. The van der Waals surface area contributed by atoms with Crippen LogP contribution in [0.4, 0.5) is 10.1 Å². The second kappa shape index (κ2) is 9.14. The molecular weight excluding hydrogens is 373 g/mol. The van der Waals surface area contributed by atoms with Crippen LogP contribution in [-0.2, 0) is 11.2 Å². The van der Waals surface area contributed by atoms with Gasteiger partial charge in [0.25, 0.3) is 11.5 Å². The first-order valence-electron chi connectivity index (χ1n) is 9.43. The molecule has 0 saturated heterocycles. The van der Waals surface area contributed by atoms with Gasteiger partial charge in [-0.25, -0.2) is 4.39 Å². The van der Waals surface area contributed by atoms with E-state index in [4.69, 9.17) is 4.74 Å². The molecule has 6 nitrogen and oxygen atoms in total. The maximum Gasteiger partial charge on any atom is 0.271 e. The van der Waals surface area contributed by atoms with Gasteiger partial charge in [-0.3, -0.25) is 9.59 Å².